The van der Waals surface area contributed by atoms with Crippen molar-refractivity contribution >= 4 is 11.7 Å². The van der Waals surface area contributed by atoms with Gasteiger partial charge in [-0.1, -0.05) is 6.92 Å². The van der Waals surface area contributed by atoms with E-state index in [2.05, 4.69) is 24.1 Å². The minimum absolute atomic E-state index is 0.134. The van der Waals surface area contributed by atoms with Crippen molar-refractivity contribution in [2.24, 2.45) is 0 Å². The molecule has 4 nitrogen and oxygen atoms in total. The summed E-state index contributed by atoms with van der Waals surface area (Å²) < 4.78 is 0. The van der Waals surface area contributed by atoms with Gasteiger partial charge in [0.15, 0.2) is 0 Å². The molecule has 1 aromatic rings. The van der Waals surface area contributed by atoms with Crippen LogP contribution in [0.25, 0.3) is 0 Å². The van der Waals surface area contributed by atoms with Gasteiger partial charge >= 0.3 is 0 Å². The molecule has 2 heterocycles. The summed E-state index contributed by atoms with van der Waals surface area (Å²) in [6, 6.07) is 4.11. The number of rotatable bonds is 4. The second-order valence-corrected chi connectivity index (χ2v) is 5.30. The summed E-state index contributed by atoms with van der Waals surface area (Å²) >= 11 is 0. The van der Waals surface area contributed by atoms with Crippen LogP contribution in [0.15, 0.2) is 12.1 Å². The quantitative estimate of drug-likeness (QED) is 0.906. The Hall–Kier alpha value is -1.58. The van der Waals surface area contributed by atoms with Crippen LogP contribution >= 0.6 is 0 Å². The molecule has 1 aromatic heterocycles. The number of nitrogens with zero attached hydrogens (tertiary/aromatic N) is 2. The number of aryl methyl sites for hydroxylation is 1. The zero-order chi connectivity index (χ0) is 13.8. The van der Waals surface area contributed by atoms with E-state index in [0.717, 1.165) is 49.4 Å². The Kier molecular flexibility index (Phi) is 4.40. The molecule has 2 rings (SSSR count). The van der Waals surface area contributed by atoms with Gasteiger partial charge < -0.3 is 10.2 Å². The van der Waals surface area contributed by atoms with Crippen molar-refractivity contribution in [3.8, 4) is 0 Å². The molecule has 1 unspecified atom stereocenters. The summed E-state index contributed by atoms with van der Waals surface area (Å²) in [5.41, 5.74) is 1.64. The third-order valence-electron chi connectivity index (χ3n) is 3.57. The van der Waals surface area contributed by atoms with E-state index in [1.54, 1.807) is 0 Å². The Labute approximate surface area is 115 Å². The highest BCUT2D eigenvalue weighted by atomic mass is 16.2. The minimum atomic E-state index is 0.134. The monoisotopic (exact) mass is 261 g/mol. The number of amides is 1. The first-order valence-electron chi connectivity index (χ1n) is 7.15. The lowest BCUT2D eigenvalue weighted by Gasteiger charge is -2.22. The Bertz CT molecular complexity index is 459. The van der Waals surface area contributed by atoms with Crippen LogP contribution in [0.2, 0.25) is 0 Å². The SMILES string of the molecule is CCCNc1cc(C(=O)N2CCCC2C)cc(C)n1. The predicted octanol–water partition coefficient (Wildman–Crippen LogP) is 2.84. The van der Waals surface area contributed by atoms with Gasteiger partial charge in [-0.05, 0) is 45.2 Å². The molecule has 1 N–H and O–H groups in total. The molecule has 104 valence electrons. The predicted molar refractivity (Wildman–Crippen MR) is 77.5 cm³/mol. The molecule has 0 saturated carbocycles. The molecule has 0 aromatic carbocycles. The summed E-state index contributed by atoms with van der Waals surface area (Å²) in [5, 5.41) is 3.25. The number of nitrogens with one attached hydrogen (secondary N) is 1. The maximum Gasteiger partial charge on any atom is 0.254 e. The molecule has 1 saturated heterocycles. The zero-order valence-electron chi connectivity index (χ0n) is 12.1. The lowest BCUT2D eigenvalue weighted by Crippen LogP contribution is -2.33. The van der Waals surface area contributed by atoms with Crippen LogP contribution < -0.4 is 5.32 Å². The highest BCUT2D eigenvalue weighted by molar-refractivity contribution is 5.95. The fraction of sp³-hybridized carbons (Fsp3) is 0.600. The Balaban J connectivity index is 2.18. The average molecular weight is 261 g/mol. The molecule has 19 heavy (non-hydrogen) atoms. The number of carbonyl (C=O) groups excluding carboxylic acids is 1. The maximum absolute atomic E-state index is 12.5. The molecule has 1 aliphatic rings. The van der Waals surface area contributed by atoms with Gasteiger partial charge in [-0.25, -0.2) is 4.98 Å². The maximum atomic E-state index is 12.5. The van der Waals surface area contributed by atoms with Gasteiger partial charge in [-0.2, -0.15) is 0 Å². The Morgan fingerprint density at radius 2 is 2.32 bits per heavy atom. The van der Waals surface area contributed by atoms with Crippen LogP contribution in [0, 0.1) is 6.92 Å². The van der Waals surface area contributed by atoms with Gasteiger partial charge in [0.25, 0.3) is 5.91 Å². The summed E-state index contributed by atoms with van der Waals surface area (Å²) in [5.74, 6) is 0.937. The van der Waals surface area contributed by atoms with Gasteiger partial charge in [-0.15, -0.1) is 0 Å². The van der Waals surface area contributed by atoms with Crippen LogP contribution in [-0.2, 0) is 0 Å². The lowest BCUT2D eigenvalue weighted by atomic mass is 10.2. The number of likely N-dealkylation sites (tertiary alicyclic amines) is 1. The summed E-state index contributed by atoms with van der Waals surface area (Å²) in [7, 11) is 0. The van der Waals surface area contributed by atoms with E-state index in [0.29, 0.717) is 6.04 Å². The van der Waals surface area contributed by atoms with E-state index in [-0.39, 0.29) is 5.91 Å². The molecule has 0 radical (unpaired) electrons. The number of aromatic nitrogens is 1. The van der Waals surface area contributed by atoms with Gasteiger partial charge in [0.1, 0.15) is 5.82 Å². The van der Waals surface area contributed by atoms with Crippen molar-refractivity contribution in [3.63, 3.8) is 0 Å². The molecule has 1 atom stereocenters. The van der Waals surface area contributed by atoms with Crippen molar-refractivity contribution in [2.45, 2.75) is 46.1 Å². The summed E-state index contributed by atoms with van der Waals surface area (Å²) in [6.07, 6.45) is 3.26. The topological polar surface area (TPSA) is 45.2 Å². The molecule has 1 amide bonds. The number of hydrogen-bond donors (Lipinski definition) is 1. The highest BCUT2D eigenvalue weighted by Gasteiger charge is 2.26. The molecule has 1 fully saturated rings. The molecule has 0 bridgehead atoms. The third-order valence-corrected chi connectivity index (χ3v) is 3.57. The van der Waals surface area contributed by atoms with E-state index in [1.165, 1.54) is 0 Å². The first kappa shape index (κ1) is 13.8. The molecular weight excluding hydrogens is 238 g/mol. The number of pyridine rings is 1. The van der Waals surface area contributed by atoms with E-state index in [1.807, 2.05) is 24.0 Å². The average Bonchev–Trinajstić information content (AvgIpc) is 2.81. The third kappa shape index (κ3) is 3.25. The second-order valence-electron chi connectivity index (χ2n) is 5.30. The normalized spacial score (nSPS) is 18.7. The first-order valence-corrected chi connectivity index (χ1v) is 7.15. The van der Waals surface area contributed by atoms with E-state index in [4.69, 9.17) is 0 Å². The van der Waals surface area contributed by atoms with Crippen molar-refractivity contribution in [3.05, 3.63) is 23.4 Å². The van der Waals surface area contributed by atoms with E-state index in [9.17, 15) is 4.79 Å². The largest absolute Gasteiger partial charge is 0.370 e. The van der Waals surface area contributed by atoms with Crippen LogP contribution in [0.4, 0.5) is 5.82 Å². The fourth-order valence-electron chi connectivity index (χ4n) is 2.54. The number of hydrogen-bond acceptors (Lipinski definition) is 3. The Morgan fingerprint density at radius 1 is 1.53 bits per heavy atom. The molecule has 4 heteroatoms. The van der Waals surface area contributed by atoms with E-state index < -0.39 is 0 Å². The number of anilines is 1. The zero-order valence-corrected chi connectivity index (χ0v) is 12.1. The van der Waals surface area contributed by atoms with Crippen molar-refractivity contribution < 1.29 is 4.79 Å². The second kappa shape index (κ2) is 6.04. The summed E-state index contributed by atoms with van der Waals surface area (Å²) in [4.78, 5) is 18.9. The highest BCUT2D eigenvalue weighted by Crippen LogP contribution is 2.21. The van der Waals surface area contributed by atoms with Crippen LogP contribution in [-0.4, -0.2) is 34.9 Å². The van der Waals surface area contributed by atoms with Gasteiger partial charge in [0.2, 0.25) is 0 Å². The molecular formula is C15H23N3O. The van der Waals surface area contributed by atoms with E-state index >= 15 is 0 Å². The minimum Gasteiger partial charge on any atom is -0.370 e. The molecule has 0 aliphatic carbocycles. The number of carbonyl (C=O) groups is 1. The van der Waals surface area contributed by atoms with Gasteiger partial charge in [0, 0.05) is 30.4 Å². The van der Waals surface area contributed by atoms with Gasteiger partial charge in [0.05, 0.1) is 0 Å². The lowest BCUT2D eigenvalue weighted by molar-refractivity contribution is 0.0747. The van der Waals surface area contributed by atoms with Crippen LogP contribution in [0.1, 0.15) is 49.2 Å². The molecule has 1 aliphatic heterocycles. The van der Waals surface area contributed by atoms with Gasteiger partial charge in [-0.3, -0.25) is 4.79 Å². The van der Waals surface area contributed by atoms with Crippen LogP contribution in [0.5, 0.6) is 0 Å². The van der Waals surface area contributed by atoms with Crippen LogP contribution in [0.3, 0.4) is 0 Å². The fourth-order valence-corrected chi connectivity index (χ4v) is 2.54. The van der Waals surface area contributed by atoms with Crippen molar-refractivity contribution in [1.82, 2.24) is 9.88 Å². The Morgan fingerprint density at radius 3 is 2.95 bits per heavy atom. The first-order chi connectivity index (χ1) is 9.11. The molecule has 0 spiro atoms. The smallest absolute Gasteiger partial charge is 0.254 e. The van der Waals surface area contributed by atoms with Crippen molar-refractivity contribution in [1.29, 1.82) is 0 Å². The summed E-state index contributed by atoms with van der Waals surface area (Å²) in [6.45, 7) is 7.92. The standard InChI is InChI=1S/C15H23N3O/c1-4-7-16-14-10-13(9-11(2)17-14)15(19)18-8-5-6-12(18)3/h9-10,12H,4-8H2,1-3H3,(H,16,17). The van der Waals surface area contributed by atoms with Crippen molar-refractivity contribution in [2.75, 3.05) is 18.4 Å².